The maximum atomic E-state index is 12.1. The van der Waals surface area contributed by atoms with Crippen LogP contribution in [0.4, 0.5) is 0 Å². The molecule has 6 nitrogen and oxygen atoms in total. The largest absolute Gasteiger partial charge is 0.449 e. The minimum Gasteiger partial charge on any atom is -0.449 e. The second-order valence-electron chi connectivity index (χ2n) is 3.97. The van der Waals surface area contributed by atoms with Crippen molar-refractivity contribution in [1.29, 1.82) is 5.26 Å². The van der Waals surface area contributed by atoms with Crippen LogP contribution >= 0.6 is 0 Å². The van der Waals surface area contributed by atoms with Crippen molar-refractivity contribution in [1.82, 2.24) is 4.90 Å². The molecule has 19 heavy (non-hydrogen) atoms. The quantitative estimate of drug-likeness (QED) is 0.589. The molecule has 1 aromatic rings. The molecule has 1 aliphatic rings. The number of hydrogen-bond acceptors (Lipinski definition) is 5. The van der Waals surface area contributed by atoms with Gasteiger partial charge in [-0.25, -0.2) is 4.79 Å². The zero-order chi connectivity index (χ0) is 14.0. The molecule has 0 saturated heterocycles. The Labute approximate surface area is 109 Å². The van der Waals surface area contributed by atoms with Crippen molar-refractivity contribution >= 4 is 17.8 Å². The number of carbonyl (C=O) groups excluding carboxylic acids is 3. The van der Waals surface area contributed by atoms with Crippen molar-refractivity contribution < 1.29 is 19.1 Å². The standard InChI is InChI=1S/C13H10N2O4/c1-8(13(18)19-7-6-14)15-11(16)9-4-2-3-5-10(9)12(15)17/h2-5,8H,7H2,1H3. The van der Waals surface area contributed by atoms with E-state index in [-0.39, 0.29) is 11.1 Å². The molecule has 0 fully saturated rings. The Morgan fingerprint density at radius 3 is 2.32 bits per heavy atom. The molecule has 0 radical (unpaired) electrons. The van der Waals surface area contributed by atoms with Gasteiger partial charge in [0.25, 0.3) is 11.8 Å². The summed E-state index contributed by atoms with van der Waals surface area (Å²) in [7, 11) is 0. The van der Waals surface area contributed by atoms with Crippen LogP contribution in [0.3, 0.4) is 0 Å². The van der Waals surface area contributed by atoms with E-state index in [2.05, 4.69) is 4.74 Å². The Balaban J connectivity index is 2.25. The van der Waals surface area contributed by atoms with Crippen LogP contribution in [-0.4, -0.2) is 35.3 Å². The summed E-state index contributed by atoms with van der Waals surface area (Å²) >= 11 is 0. The van der Waals surface area contributed by atoms with Gasteiger partial charge in [0.1, 0.15) is 12.1 Å². The number of carbonyl (C=O) groups is 3. The smallest absolute Gasteiger partial charge is 0.330 e. The average molecular weight is 258 g/mol. The maximum absolute atomic E-state index is 12.1. The summed E-state index contributed by atoms with van der Waals surface area (Å²) in [5, 5.41) is 8.33. The van der Waals surface area contributed by atoms with Gasteiger partial charge >= 0.3 is 5.97 Å². The second kappa shape index (κ2) is 4.90. The number of nitriles is 1. The van der Waals surface area contributed by atoms with Crippen LogP contribution in [0, 0.1) is 11.3 Å². The number of esters is 1. The highest BCUT2D eigenvalue weighted by Gasteiger charge is 2.41. The van der Waals surface area contributed by atoms with Crippen LogP contribution in [0.25, 0.3) is 0 Å². The first-order valence-corrected chi connectivity index (χ1v) is 5.58. The number of amides is 2. The van der Waals surface area contributed by atoms with Crippen LogP contribution in [-0.2, 0) is 9.53 Å². The van der Waals surface area contributed by atoms with E-state index in [9.17, 15) is 14.4 Å². The highest BCUT2D eigenvalue weighted by atomic mass is 16.5. The highest BCUT2D eigenvalue weighted by Crippen LogP contribution is 2.24. The van der Waals surface area contributed by atoms with Crippen molar-refractivity contribution in [3.8, 4) is 6.07 Å². The Bertz CT molecular complexity index is 568. The predicted molar refractivity (Wildman–Crippen MR) is 63.0 cm³/mol. The third-order valence-corrected chi connectivity index (χ3v) is 2.83. The Kier molecular flexibility index (Phi) is 3.29. The second-order valence-corrected chi connectivity index (χ2v) is 3.97. The van der Waals surface area contributed by atoms with Crippen molar-refractivity contribution in [3.63, 3.8) is 0 Å². The van der Waals surface area contributed by atoms with E-state index in [1.165, 1.54) is 19.1 Å². The molecular formula is C13H10N2O4. The summed E-state index contributed by atoms with van der Waals surface area (Å²) in [5.74, 6) is -1.83. The molecular weight excluding hydrogens is 248 g/mol. The lowest BCUT2D eigenvalue weighted by molar-refractivity contribution is -0.146. The van der Waals surface area contributed by atoms with E-state index in [0.29, 0.717) is 0 Å². The lowest BCUT2D eigenvalue weighted by Gasteiger charge is -2.20. The summed E-state index contributed by atoms with van der Waals surface area (Å²) in [4.78, 5) is 36.6. The fourth-order valence-corrected chi connectivity index (χ4v) is 1.89. The molecule has 0 bridgehead atoms. The first-order chi connectivity index (χ1) is 9.07. The van der Waals surface area contributed by atoms with Gasteiger partial charge in [0.2, 0.25) is 0 Å². The Morgan fingerprint density at radius 2 is 1.84 bits per heavy atom. The molecule has 0 aliphatic carbocycles. The van der Waals surface area contributed by atoms with Gasteiger partial charge in [-0.1, -0.05) is 12.1 Å². The first kappa shape index (κ1) is 12.8. The Morgan fingerprint density at radius 1 is 1.32 bits per heavy atom. The molecule has 1 unspecified atom stereocenters. The Hall–Kier alpha value is -2.68. The zero-order valence-corrected chi connectivity index (χ0v) is 10.1. The number of imide groups is 1. The van der Waals surface area contributed by atoms with Gasteiger partial charge in [-0.3, -0.25) is 14.5 Å². The summed E-state index contributed by atoms with van der Waals surface area (Å²) in [6, 6.07) is 6.95. The topological polar surface area (TPSA) is 87.5 Å². The van der Waals surface area contributed by atoms with Gasteiger partial charge in [0.15, 0.2) is 6.61 Å². The molecule has 96 valence electrons. The molecule has 1 atom stereocenters. The molecule has 1 aliphatic heterocycles. The zero-order valence-electron chi connectivity index (χ0n) is 10.1. The van der Waals surface area contributed by atoms with Crippen LogP contribution < -0.4 is 0 Å². The third-order valence-electron chi connectivity index (χ3n) is 2.83. The molecule has 2 amide bonds. The molecule has 0 aromatic heterocycles. The summed E-state index contributed by atoms with van der Waals surface area (Å²) in [6.07, 6.45) is 0. The maximum Gasteiger partial charge on any atom is 0.330 e. The lowest BCUT2D eigenvalue weighted by Crippen LogP contribution is -2.43. The molecule has 1 heterocycles. The van der Waals surface area contributed by atoms with Crippen molar-refractivity contribution in [3.05, 3.63) is 35.4 Å². The molecule has 1 aromatic carbocycles. The van der Waals surface area contributed by atoms with Crippen LogP contribution in [0.15, 0.2) is 24.3 Å². The molecule has 0 spiro atoms. The van der Waals surface area contributed by atoms with Gasteiger partial charge in [0, 0.05) is 0 Å². The van der Waals surface area contributed by atoms with E-state index in [4.69, 9.17) is 5.26 Å². The SMILES string of the molecule is CC(C(=O)OCC#N)N1C(=O)c2ccccc2C1=O. The fourth-order valence-electron chi connectivity index (χ4n) is 1.89. The molecule has 2 rings (SSSR count). The minimum atomic E-state index is -1.05. The van der Waals surface area contributed by atoms with Crippen LogP contribution in [0.1, 0.15) is 27.6 Å². The number of rotatable bonds is 3. The average Bonchev–Trinajstić information content (AvgIpc) is 2.68. The highest BCUT2D eigenvalue weighted by molar-refractivity contribution is 6.22. The van der Waals surface area contributed by atoms with Crippen molar-refractivity contribution in [2.75, 3.05) is 6.61 Å². The number of benzene rings is 1. The van der Waals surface area contributed by atoms with E-state index >= 15 is 0 Å². The normalized spacial score (nSPS) is 14.8. The van der Waals surface area contributed by atoms with Crippen molar-refractivity contribution in [2.24, 2.45) is 0 Å². The minimum absolute atomic E-state index is 0.271. The summed E-state index contributed by atoms with van der Waals surface area (Å²) in [6.45, 7) is 0.980. The summed E-state index contributed by atoms with van der Waals surface area (Å²) in [5.41, 5.74) is 0.542. The van der Waals surface area contributed by atoms with E-state index in [0.717, 1.165) is 4.90 Å². The number of nitrogens with zero attached hydrogens (tertiary/aromatic N) is 2. The van der Waals surface area contributed by atoms with Crippen LogP contribution in [0.5, 0.6) is 0 Å². The molecule has 6 heteroatoms. The third kappa shape index (κ3) is 2.06. The number of ether oxygens (including phenoxy) is 1. The van der Waals surface area contributed by atoms with E-state index in [1.807, 2.05) is 0 Å². The first-order valence-electron chi connectivity index (χ1n) is 5.58. The van der Waals surface area contributed by atoms with E-state index < -0.39 is 30.4 Å². The van der Waals surface area contributed by atoms with Crippen LogP contribution in [0.2, 0.25) is 0 Å². The van der Waals surface area contributed by atoms with Gasteiger partial charge in [-0.2, -0.15) is 5.26 Å². The monoisotopic (exact) mass is 258 g/mol. The predicted octanol–water partition coefficient (Wildman–Crippen LogP) is 0.738. The van der Waals surface area contributed by atoms with E-state index in [1.54, 1.807) is 18.2 Å². The number of hydrogen-bond donors (Lipinski definition) is 0. The number of fused-ring (bicyclic) bond motifs is 1. The lowest BCUT2D eigenvalue weighted by atomic mass is 10.1. The summed E-state index contributed by atoms with van der Waals surface area (Å²) < 4.78 is 4.61. The van der Waals surface area contributed by atoms with Gasteiger partial charge in [0.05, 0.1) is 11.1 Å². The molecule has 0 saturated carbocycles. The van der Waals surface area contributed by atoms with Gasteiger partial charge < -0.3 is 4.74 Å². The fraction of sp³-hybridized carbons (Fsp3) is 0.231. The van der Waals surface area contributed by atoms with Gasteiger partial charge in [-0.15, -0.1) is 0 Å². The van der Waals surface area contributed by atoms with Gasteiger partial charge in [-0.05, 0) is 19.1 Å². The van der Waals surface area contributed by atoms with Crippen molar-refractivity contribution in [2.45, 2.75) is 13.0 Å². The molecule has 0 N–H and O–H groups in total.